The average molecular weight is 277 g/mol. The summed E-state index contributed by atoms with van der Waals surface area (Å²) in [6, 6.07) is 7.55. The van der Waals surface area contributed by atoms with Crippen molar-refractivity contribution in [2.24, 2.45) is 0 Å². The number of fused-ring (bicyclic) bond motifs is 1. The molecular weight excluding hydrogens is 258 g/mol. The highest BCUT2D eigenvalue weighted by atomic mass is 16.5. The lowest BCUT2D eigenvalue weighted by atomic mass is 10.00. The average Bonchev–Trinajstić information content (AvgIpc) is 2.88. The first-order chi connectivity index (χ1) is 9.63. The van der Waals surface area contributed by atoms with E-state index in [9.17, 15) is 9.59 Å². The van der Waals surface area contributed by atoms with Gasteiger partial charge in [-0.3, -0.25) is 9.59 Å². The van der Waals surface area contributed by atoms with Gasteiger partial charge in [-0.15, -0.1) is 0 Å². The second-order valence-electron chi connectivity index (χ2n) is 4.72. The van der Waals surface area contributed by atoms with Crippen LogP contribution in [0.4, 0.5) is 0 Å². The number of carbonyl (C=O) groups excluding carboxylic acids is 2. The van der Waals surface area contributed by atoms with Gasteiger partial charge in [0.25, 0.3) is 0 Å². The molecule has 1 unspecified atom stereocenters. The Morgan fingerprint density at radius 3 is 2.90 bits per heavy atom. The largest absolute Gasteiger partial charge is 0.492 e. The van der Waals surface area contributed by atoms with Crippen LogP contribution in [0, 0.1) is 0 Å². The van der Waals surface area contributed by atoms with Crippen LogP contribution in [-0.4, -0.2) is 43.6 Å². The van der Waals surface area contributed by atoms with E-state index in [2.05, 4.69) is 0 Å². The second kappa shape index (κ2) is 6.41. The Hall–Kier alpha value is -2.04. The Bertz CT molecular complexity index is 500. The third-order valence-corrected chi connectivity index (χ3v) is 3.33. The molecule has 5 nitrogen and oxygen atoms in total. The summed E-state index contributed by atoms with van der Waals surface area (Å²) in [4.78, 5) is 25.2. The zero-order chi connectivity index (χ0) is 14.5. The Morgan fingerprint density at radius 2 is 2.15 bits per heavy atom. The van der Waals surface area contributed by atoms with Gasteiger partial charge in [0, 0.05) is 19.2 Å². The highest BCUT2D eigenvalue weighted by molar-refractivity contribution is 5.85. The molecule has 1 aromatic carbocycles. The van der Waals surface area contributed by atoms with E-state index >= 15 is 0 Å². The van der Waals surface area contributed by atoms with Crippen molar-refractivity contribution in [1.29, 1.82) is 0 Å². The van der Waals surface area contributed by atoms with Crippen LogP contribution in [-0.2, 0) is 14.3 Å². The van der Waals surface area contributed by atoms with Crippen LogP contribution in [0.3, 0.4) is 0 Å². The van der Waals surface area contributed by atoms with E-state index in [1.54, 1.807) is 18.9 Å². The molecule has 0 fully saturated rings. The van der Waals surface area contributed by atoms with Gasteiger partial charge in [-0.2, -0.15) is 0 Å². The zero-order valence-corrected chi connectivity index (χ0v) is 11.8. The molecule has 5 heteroatoms. The normalized spacial score (nSPS) is 16.2. The van der Waals surface area contributed by atoms with Crippen LogP contribution >= 0.6 is 0 Å². The molecule has 1 atom stereocenters. The molecule has 0 spiro atoms. The standard InChI is InChI=1S/C15H19NO4/c1-3-19-14(17)8-9-16(2)15(18)12-10-20-13-7-5-4-6-11(12)13/h4-7,12H,3,8-10H2,1-2H3. The molecule has 108 valence electrons. The van der Waals surface area contributed by atoms with E-state index in [4.69, 9.17) is 9.47 Å². The van der Waals surface area contributed by atoms with Crippen LogP contribution < -0.4 is 4.74 Å². The second-order valence-corrected chi connectivity index (χ2v) is 4.72. The molecular formula is C15H19NO4. The lowest BCUT2D eigenvalue weighted by molar-refractivity contribution is -0.144. The van der Waals surface area contributed by atoms with Gasteiger partial charge in [0.15, 0.2) is 0 Å². The van der Waals surface area contributed by atoms with E-state index in [-0.39, 0.29) is 24.2 Å². The lowest BCUT2D eigenvalue weighted by Gasteiger charge is -2.20. The Morgan fingerprint density at radius 1 is 1.40 bits per heavy atom. The van der Waals surface area contributed by atoms with Crippen molar-refractivity contribution in [2.45, 2.75) is 19.3 Å². The molecule has 0 saturated carbocycles. The predicted molar refractivity (Wildman–Crippen MR) is 73.6 cm³/mol. The molecule has 1 aromatic rings. The van der Waals surface area contributed by atoms with Crippen molar-refractivity contribution < 1.29 is 19.1 Å². The molecule has 2 rings (SSSR count). The molecule has 1 aliphatic rings. The van der Waals surface area contributed by atoms with Crippen LogP contribution in [0.5, 0.6) is 5.75 Å². The first-order valence-corrected chi connectivity index (χ1v) is 6.75. The Balaban J connectivity index is 1.93. The summed E-state index contributed by atoms with van der Waals surface area (Å²) >= 11 is 0. The van der Waals surface area contributed by atoms with Crippen molar-refractivity contribution in [3.63, 3.8) is 0 Å². The molecule has 1 heterocycles. The van der Waals surface area contributed by atoms with Crippen molar-refractivity contribution >= 4 is 11.9 Å². The minimum absolute atomic E-state index is 0.0285. The van der Waals surface area contributed by atoms with Crippen LogP contribution in [0.15, 0.2) is 24.3 Å². The van der Waals surface area contributed by atoms with Gasteiger partial charge in [-0.05, 0) is 13.0 Å². The highest BCUT2D eigenvalue weighted by Crippen LogP contribution is 2.34. The maximum atomic E-state index is 12.4. The van der Waals surface area contributed by atoms with E-state index in [1.165, 1.54) is 0 Å². The lowest BCUT2D eigenvalue weighted by Crippen LogP contribution is -2.34. The summed E-state index contributed by atoms with van der Waals surface area (Å²) in [6.45, 7) is 2.85. The number of ether oxygens (including phenoxy) is 2. The van der Waals surface area contributed by atoms with Gasteiger partial charge in [0.05, 0.1) is 13.0 Å². The Kier molecular flexibility index (Phi) is 4.61. The molecule has 0 N–H and O–H groups in total. The molecule has 0 saturated heterocycles. The van der Waals surface area contributed by atoms with Crippen molar-refractivity contribution in [2.75, 3.05) is 26.8 Å². The fourth-order valence-corrected chi connectivity index (χ4v) is 2.24. The van der Waals surface area contributed by atoms with Crippen LogP contribution in [0.25, 0.3) is 0 Å². The van der Waals surface area contributed by atoms with Gasteiger partial charge in [-0.25, -0.2) is 0 Å². The smallest absolute Gasteiger partial charge is 0.307 e. The van der Waals surface area contributed by atoms with E-state index in [1.807, 2.05) is 24.3 Å². The number of nitrogens with zero attached hydrogens (tertiary/aromatic N) is 1. The molecule has 1 amide bonds. The van der Waals surface area contributed by atoms with Gasteiger partial charge < -0.3 is 14.4 Å². The number of para-hydroxylation sites is 1. The minimum Gasteiger partial charge on any atom is -0.492 e. The van der Waals surface area contributed by atoms with Crippen molar-refractivity contribution in [1.82, 2.24) is 4.90 Å². The highest BCUT2D eigenvalue weighted by Gasteiger charge is 2.32. The van der Waals surface area contributed by atoms with E-state index in [0.29, 0.717) is 19.8 Å². The first-order valence-electron chi connectivity index (χ1n) is 6.75. The topological polar surface area (TPSA) is 55.8 Å². The van der Waals surface area contributed by atoms with Crippen molar-refractivity contribution in [3.05, 3.63) is 29.8 Å². The third-order valence-electron chi connectivity index (χ3n) is 3.33. The number of hydrogen-bond donors (Lipinski definition) is 0. The summed E-state index contributed by atoms with van der Waals surface area (Å²) < 4.78 is 10.4. The predicted octanol–water partition coefficient (Wildman–Crippen LogP) is 1.57. The molecule has 0 aromatic heterocycles. The summed E-state index contributed by atoms with van der Waals surface area (Å²) in [6.07, 6.45) is 0.214. The summed E-state index contributed by atoms with van der Waals surface area (Å²) in [7, 11) is 1.70. The van der Waals surface area contributed by atoms with E-state index < -0.39 is 0 Å². The number of hydrogen-bond acceptors (Lipinski definition) is 4. The fourth-order valence-electron chi connectivity index (χ4n) is 2.24. The van der Waals surface area contributed by atoms with Crippen LogP contribution in [0.2, 0.25) is 0 Å². The number of rotatable bonds is 5. The Labute approximate surface area is 118 Å². The SMILES string of the molecule is CCOC(=O)CCN(C)C(=O)C1COc2ccccc21. The number of carbonyl (C=O) groups is 2. The zero-order valence-electron chi connectivity index (χ0n) is 11.8. The maximum Gasteiger partial charge on any atom is 0.307 e. The quantitative estimate of drug-likeness (QED) is 0.767. The summed E-state index contributed by atoms with van der Waals surface area (Å²) in [5.41, 5.74) is 0.917. The number of amides is 1. The number of esters is 1. The van der Waals surface area contributed by atoms with Gasteiger partial charge in [-0.1, -0.05) is 18.2 Å². The molecule has 0 radical (unpaired) electrons. The molecule has 20 heavy (non-hydrogen) atoms. The number of benzene rings is 1. The van der Waals surface area contributed by atoms with Gasteiger partial charge in [0.1, 0.15) is 18.3 Å². The monoisotopic (exact) mass is 277 g/mol. The van der Waals surface area contributed by atoms with E-state index in [0.717, 1.165) is 11.3 Å². The molecule has 1 aliphatic heterocycles. The van der Waals surface area contributed by atoms with Crippen molar-refractivity contribution in [3.8, 4) is 5.75 Å². The minimum atomic E-state index is -0.282. The molecule has 0 bridgehead atoms. The first kappa shape index (κ1) is 14.4. The fraction of sp³-hybridized carbons (Fsp3) is 0.467. The van der Waals surface area contributed by atoms with Crippen LogP contribution in [0.1, 0.15) is 24.8 Å². The molecule has 0 aliphatic carbocycles. The number of likely N-dealkylation sites (N-methyl/N-ethyl adjacent to an activating group) is 1. The van der Waals surface area contributed by atoms with Gasteiger partial charge >= 0.3 is 5.97 Å². The van der Waals surface area contributed by atoms with Gasteiger partial charge in [0.2, 0.25) is 5.91 Å². The summed E-state index contributed by atoms with van der Waals surface area (Å²) in [5, 5.41) is 0. The maximum absolute atomic E-state index is 12.4. The third kappa shape index (κ3) is 3.10. The summed E-state index contributed by atoms with van der Waals surface area (Å²) in [5.74, 6) is 0.178.